The van der Waals surface area contributed by atoms with Gasteiger partial charge in [-0.3, -0.25) is 4.99 Å². The van der Waals surface area contributed by atoms with Crippen LogP contribution in [-0.2, 0) is 14.9 Å². The number of rotatable bonds is 5. The Hall–Kier alpha value is -1.99. The van der Waals surface area contributed by atoms with E-state index in [4.69, 9.17) is 23.9 Å². The third kappa shape index (κ3) is 4.83. The van der Waals surface area contributed by atoms with Gasteiger partial charge in [-0.25, -0.2) is 0 Å². The van der Waals surface area contributed by atoms with E-state index in [1.165, 1.54) is 5.56 Å². The van der Waals surface area contributed by atoms with E-state index in [0.717, 1.165) is 56.5 Å². The Balaban J connectivity index is 1.46. The lowest BCUT2D eigenvalue weighted by Gasteiger charge is -2.37. The predicted octanol–water partition coefficient (Wildman–Crippen LogP) is 2.58. The molecule has 1 aromatic rings. The molecular formula is C23H35N3O4. The second-order valence-electron chi connectivity index (χ2n) is 8.82. The summed E-state index contributed by atoms with van der Waals surface area (Å²) in [7, 11) is 0. The Morgan fingerprint density at radius 3 is 2.67 bits per heavy atom. The molecular weight excluding hydrogens is 382 g/mol. The van der Waals surface area contributed by atoms with Crippen molar-refractivity contribution in [3.05, 3.63) is 23.8 Å². The Morgan fingerprint density at radius 2 is 1.90 bits per heavy atom. The summed E-state index contributed by atoms with van der Waals surface area (Å²) in [4.78, 5) is 7.34. The minimum Gasteiger partial charge on any atom is -0.486 e. The van der Waals surface area contributed by atoms with E-state index in [0.29, 0.717) is 26.4 Å². The first-order valence-corrected chi connectivity index (χ1v) is 11.2. The molecule has 0 spiro atoms. The topological polar surface area (TPSA) is 64.6 Å². The molecule has 0 saturated carbocycles. The van der Waals surface area contributed by atoms with Gasteiger partial charge < -0.3 is 29.2 Å². The van der Waals surface area contributed by atoms with Gasteiger partial charge in [0.2, 0.25) is 0 Å². The van der Waals surface area contributed by atoms with E-state index >= 15 is 0 Å². The van der Waals surface area contributed by atoms with Gasteiger partial charge in [-0.15, -0.1) is 0 Å². The molecule has 0 aromatic heterocycles. The number of fused-ring (bicyclic) bond motifs is 1. The number of ether oxygens (including phenoxy) is 4. The Labute approximate surface area is 179 Å². The van der Waals surface area contributed by atoms with Crippen molar-refractivity contribution in [2.45, 2.75) is 51.2 Å². The summed E-state index contributed by atoms with van der Waals surface area (Å²) in [5.74, 6) is 2.61. The van der Waals surface area contributed by atoms with Crippen molar-refractivity contribution < 1.29 is 18.9 Å². The van der Waals surface area contributed by atoms with Gasteiger partial charge in [0.05, 0.1) is 19.3 Å². The molecule has 0 amide bonds. The first-order valence-electron chi connectivity index (χ1n) is 11.2. The summed E-state index contributed by atoms with van der Waals surface area (Å²) in [5, 5.41) is 3.47. The Morgan fingerprint density at radius 1 is 1.10 bits per heavy atom. The van der Waals surface area contributed by atoms with Gasteiger partial charge in [0.25, 0.3) is 0 Å². The number of benzene rings is 1. The highest BCUT2D eigenvalue weighted by Gasteiger charge is 2.32. The molecule has 2 saturated heterocycles. The Kier molecular flexibility index (Phi) is 6.68. The van der Waals surface area contributed by atoms with Crippen LogP contribution in [0.4, 0.5) is 0 Å². The van der Waals surface area contributed by atoms with Crippen molar-refractivity contribution >= 4 is 5.96 Å². The van der Waals surface area contributed by atoms with Gasteiger partial charge in [-0.1, -0.05) is 19.9 Å². The van der Waals surface area contributed by atoms with Gasteiger partial charge in [-0.2, -0.15) is 0 Å². The van der Waals surface area contributed by atoms with Crippen LogP contribution in [0.25, 0.3) is 0 Å². The van der Waals surface area contributed by atoms with Gasteiger partial charge in [-0.05, 0) is 37.5 Å². The van der Waals surface area contributed by atoms with Crippen LogP contribution < -0.4 is 14.8 Å². The number of aliphatic imine (C=N–C) groups is 1. The van der Waals surface area contributed by atoms with Crippen LogP contribution in [-0.4, -0.2) is 75.7 Å². The zero-order chi connectivity index (χ0) is 21.0. The maximum Gasteiger partial charge on any atom is 0.194 e. The molecule has 1 N–H and O–H groups in total. The minimum absolute atomic E-state index is 0.121. The first-order chi connectivity index (χ1) is 14.6. The molecule has 3 aliphatic heterocycles. The minimum atomic E-state index is -0.128. The molecule has 2 unspecified atom stereocenters. The number of morpholine rings is 1. The molecule has 7 heteroatoms. The molecule has 3 aliphatic rings. The fraction of sp³-hybridized carbons (Fsp3) is 0.696. The van der Waals surface area contributed by atoms with Crippen molar-refractivity contribution in [2.24, 2.45) is 4.99 Å². The summed E-state index contributed by atoms with van der Waals surface area (Å²) in [6.07, 6.45) is 2.55. The molecule has 4 rings (SSSR count). The van der Waals surface area contributed by atoms with Crippen LogP contribution in [0.1, 0.15) is 39.2 Å². The highest BCUT2D eigenvalue weighted by Crippen LogP contribution is 2.35. The van der Waals surface area contributed by atoms with E-state index in [1.54, 1.807) is 0 Å². The smallest absolute Gasteiger partial charge is 0.194 e. The lowest BCUT2D eigenvalue weighted by molar-refractivity contribution is -0.0817. The van der Waals surface area contributed by atoms with Gasteiger partial charge in [0.1, 0.15) is 19.3 Å². The van der Waals surface area contributed by atoms with E-state index in [9.17, 15) is 0 Å². The molecule has 3 heterocycles. The quantitative estimate of drug-likeness (QED) is 0.587. The van der Waals surface area contributed by atoms with Crippen molar-refractivity contribution in [2.75, 3.05) is 52.6 Å². The van der Waals surface area contributed by atoms with Crippen molar-refractivity contribution in [1.29, 1.82) is 0 Å². The van der Waals surface area contributed by atoms with Crippen molar-refractivity contribution in [3.8, 4) is 11.5 Å². The van der Waals surface area contributed by atoms with Crippen LogP contribution in [0.5, 0.6) is 11.5 Å². The van der Waals surface area contributed by atoms with Crippen LogP contribution in [0, 0.1) is 0 Å². The molecule has 0 aliphatic carbocycles. The number of nitrogens with zero attached hydrogens (tertiary/aromatic N) is 2. The van der Waals surface area contributed by atoms with Gasteiger partial charge in [0.15, 0.2) is 17.5 Å². The summed E-state index contributed by atoms with van der Waals surface area (Å²) in [6.45, 7) is 12.5. The average Bonchev–Trinajstić information content (AvgIpc) is 3.31. The zero-order valence-corrected chi connectivity index (χ0v) is 18.5. The summed E-state index contributed by atoms with van der Waals surface area (Å²) in [5.41, 5.74) is 1.07. The van der Waals surface area contributed by atoms with Crippen LogP contribution in [0.15, 0.2) is 23.2 Å². The summed E-state index contributed by atoms with van der Waals surface area (Å²) < 4.78 is 23.3. The fourth-order valence-corrected chi connectivity index (χ4v) is 4.24. The van der Waals surface area contributed by atoms with E-state index in [1.807, 2.05) is 6.07 Å². The van der Waals surface area contributed by atoms with Crippen LogP contribution in [0.3, 0.4) is 0 Å². The second kappa shape index (κ2) is 9.43. The molecule has 0 bridgehead atoms. The normalized spacial score (nSPS) is 24.8. The average molecular weight is 418 g/mol. The highest BCUT2D eigenvalue weighted by atomic mass is 16.6. The van der Waals surface area contributed by atoms with Gasteiger partial charge in [0, 0.05) is 31.7 Å². The largest absolute Gasteiger partial charge is 0.486 e. The second-order valence-corrected chi connectivity index (χ2v) is 8.82. The summed E-state index contributed by atoms with van der Waals surface area (Å²) >= 11 is 0. The van der Waals surface area contributed by atoms with Crippen LogP contribution >= 0.6 is 0 Å². The number of nitrogens with one attached hydrogen (secondary N) is 1. The molecule has 166 valence electrons. The number of guanidine groups is 1. The van der Waals surface area contributed by atoms with Crippen molar-refractivity contribution in [1.82, 2.24) is 10.2 Å². The molecule has 0 radical (unpaired) electrons. The lowest BCUT2D eigenvalue weighted by Crippen LogP contribution is -2.53. The fourth-order valence-electron chi connectivity index (χ4n) is 4.24. The van der Waals surface area contributed by atoms with E-state index in [2.05, 4.69) is 43.1 Å². The standard InChI is InChI=1S/C23H35N3O4/c1-4-24-22(26-9-11-28-21(15-26)18-6-5-10-27-18)25-16-23(2,3)17-7-8-19-20(14-17)30-13-12-29-19/h7-8,14,18,21H,4-6,9-13,15-16H2,1-3H3,(H,24,25). The third-order valence-electron chi connectivity index (χ3n) is 6.06. The molecule has 30 heavy (non-hydrogen) atoms. The van der Waals surface area contributed by atoms with Crippen molar-refractivity contribution in [3.63, 3.8) is 0 Å². The molecule has 1 aromatic carbocycles. The predicted molar refractivity (Wildman–Crippen MR) is 117 cm³/mol. The molecule has 7 nitrogen and oxygen atoms in total. The summed E-state index contributed by atoms with van der Waals surface area (Å²) in [6, 6.07) is 6.23. The SMILES string of the molecule is CCNC(=NCC(C)(C)c1ccc2c(c1)OCCO2)N1CCOC(C2CCCO2)C1. The first kappa shape index (κ1) is 21.2. The van der Waals surface area contributed by atoms with Gasteiger partial charge >= 0.3 is 0 Å². The number of hydrogen-bond donors (Lipinski definition) is 1. The monoisotopic (exact) mass is 417 g/mol. The number of hydrogen-bond acceptors (Lipinski definition) is 5. The van der Waals surface area contributed by atoms with E-state index < -0.39 is 0 Å². The lowest BCUT2D eigenvalue weighted by atomic mass is 9.84. The maximum atomic E-state index is 6.01. The highest BCUT2D eigenvalue weighted by molar-refractivity contribution is 5.80. The maximum absolute atomic E-state index is 6.01. The van der Waals surface area contributed by atoms with E-state index in [-0.39, 0.29) is 17.6 Å². The molecule has 2 atom stereocenters. The Bertz CT molecular complexity index is 746. The third-order valence-corrected chi connectivity index (χ3v) is 6.06. The molecule has 2 fully saturated rings. The zero-order valence-electron chi connectivity index (χ0n) is 18.5. The van der Waals surface area contributed by atoms with Crippen LogP contribution in [0.2, 0.25) is 0 Å².